The van der Waals surface area contributed by atoms with E-state index in [1.807, 2.05) is 55.5 Å². The molecule has 3 aromatic rings. The third-order valence-corrected chi connectivity index (χ3v) is 7.12. The number of benzene rings is 2. The van der Waals surface area contributed by atoms with Gasteiger partial charge in [-0.25, -0.2) is 0 Å². The van der Waals surface area contributed by atoms with E-state index < -0.39 is 0 Å². The van der Waals surface area contributed by atoms with Crippen LogP contribution in [0.15, 0.2) is 53.1 Å². The van der Waals surface area contributed by atoms with Crippen molar-refractivity contribution in [3.05, 3.63) is 70.6 Å². The Morgan fingerprint density at radius 2 is 2.15 bits per heavy atom. The predicted molar refractivity (Wildman–Crippen MR) is 133 cm³/mol. The number of nitrogens with zero attached hydrogens (tertiary/aromatic N) is 3. The summed E-state index contributed by atoms with van der Waals surface area (Å²) >= 11 is 7.97. The van der Waals surface area contributed by atoms with Crippen LogP contribution in [0.5, 0.6) is 0 Å². The number of halogens is 1. The summed E-state index contributed by atoms with van der Waals surface area (Å²) in [6.07, 6.45) is 1.89. The van der Waals surface area contributed by atoms with Crippen molar-refractivity contribution in [1.82, 2.24) is 20.4 Å². The highest BCUT2D eigenvalue weighted by Gasteiger charge is 2.26. The molecule has 0 aliphatic carbocycles. The average Bonchev–Trinajstić information content (AvgIpc) is 3.28. The maximum absolute atomic E-state index is 12.7. The van der Waals surface area contributed by atoms with E-state index in [1.54, 1.807) is 11.8 Å². The van der Waals surface area contributed by atoms with Gasteiger partial charge in [-0.15, -0.1) is 0 Å². The van der Waals surface area contributed by atoms with Gasteiger partial charge in [0, 0.05) is 35.2 Å². The zero-order chi connectivity index (χ0) is 23.0. The molecule has 1 fully saturated rings. The molecule has 1 N–H and O–H groups in total. The summed E-state index contributed by atoms with van der Waals surface area (Å²) in [5.41, 5.74) is 3.24. The third-order valence-electron chi connectivity index (χ3n) is 5.74. The number of carbonyl (C=O) groups excluding carboxylic acids is 1. The molecule has 0 bridgehead atoms. The topological polar surface area (TPSA) is 71.3 Å². The normalized spacial score (nSPS) is 16.6. The minimum Gasteiger partial charge on any atom is -0.355 e. The van der Waals surface area contributed by atoms with Gasteiger partial charge in [-0.2, -0.15) is 16.7 Å². The van der Waals surface area contributed by atoms with Gasteiger partial charge >= 0.3 is 0 Å². The maximum atomic E-state index is 12.7. The number of likely N-dealkylation sites (tertiary alicyclic amines) is 1. The number of aromatic nitrogens is 2. The van der Waals surface area contributed by atoms with Crippen molar-refractivity contribution in [2.75, 3.05) is 25.4 Å². The molecule has 1 aliphatic rings. The molecule has 1 saturated heterocycles. The second kappa shape index (κ2) is 11.7. The lowest BCUT2D eigenvalue weighted by Crippen LogP contribution is -2.43. The molecule has 1 unspecified atom stereocenters. The Morgan fingerprint density at radius 1 is 1.27 bits per heavy atom. The fourth-order valence-electron chi connectivity index (χ4n) is 4.01. The maximum Gasteiger partial charge on any atom is 0.241 e. The van der Waals surface area contributed by atoms with Crippen LogP contribution in [0.4, 0.5) is 0 Å². The number of rotatable bonds is 9. The highest BCUT2D eigenvalue weighted by atomic mass is 35.5. The molecular formula is C25H29ClN4O2S. The number of nitrogens with one attached hydrogen (secondary N) is 1. The molecule has 8 heteroatoms. The van der Waals surface area contributed by atoms with E-state index in [-0.39, 0.29) is 11.8 Å². The van der Waals surface area contributed by atoms with Gasteiger partial charge in [-0.3, -0.25) is 9.69 Å². The van der Waals surface area contributed by atoms with Gasteiger partial charge < -0.3 is 9.84 Å². The molecule has 1 atom stereocenters. The van der Waals surface area contributed by atoms with Gasteiger partial charge in [0.1, 0.15) is 0 Å². The highest BCUT2D eigenvalue weighted by molar-refractivity contribution is 7.98. The first-order chi connectivity index (χ1) is 16.1. The lowest BCUT2D eigenvalue weighted by molar-refractivity contribution is -0.126. The number of hydrogen-bond acceptors (Lipinski definition) is 6. The van der Waals surface area contributed by atoms with Crippen LogP contribution in [-0.4, -0.2) is 46.3 Å². The summed E-state index contributed by atoms with van der Waals surface area (Å²) < 4.78 is 5.48. The van der Waals surface area contributed by atoms with Gasteiger partial charge in [-0.1, -0.05) is 58.7 Å². The first-order valence-electron chi connectivity index (χ1n) is 11.3. The van der Waals surface area contributed by atoms with Crippen LogP contribution in [-0.2, 0) is 17.1 Å². The quantitative estimate of drug-likeness (QED) is 0.433. The van der Waals surface area contributed by atoms with E-state index in [4.69, 9.17) is 16.1 Å². The number of carbonyl (C=O) groups is 1. The lowest BCUT2D eigenvalue weighted by Gasteiger charge is -2.30. The van der Waals surface area contributed by atoms with Gasteiger partial charge in [0.05, 0.1) is 12.5 Å². The number of thioether (sulfide) groups is 1. The molecule has 1 aromatic heterocycles. The molecule has 0 spiro atoms. The molecule has 0 radical (unpaired) electrons. The fraction of sp³-hybridized carbons (Fsp3) is 0.400. The van der Waals surface area contributed by atoms with Gasteiger partial charge in [0.25, 0.3) is 0 Å². The van der Waals surface area contributed by atoms with E-state index >= 15 is 0 Å². The van der Waals surface area contributed by atoms with Crippen molar-refractivity contribution in [2.45, 2.75) is 32.1 Å². The first-order valence-corrected chi connectivity index (χ1v) is 12.8. The summed E-state index contributed by atoms with van der Waals surface area (Å²) in [7, 11) is 0. The molecular weight excluding hydrogens is 456 g/mol. The van der Waals surface area contributed by atoms with E-state index in [0.717, 1.165) is 52.6 Å². The van der Waals surface area contributed by atoms with E-state index in [2.05, 4.69) is 20.4 Å². The van der Waals surface area contributed by atoms with Crippen LogP contribution in [0, 0.1) is 12.8 Å². The fourth-order valence-corrected chi connectivity index (χ4v) is 5.16. The second-order valence-corrected chi connectivity index (χ2v) is 9.90. The van der Waals surface area contributed by atoms with E-state index in [0.29, 0.717) is 31.3 Å². The van der Waals surface area contributed by atoms with Gasteiger partial charge in [-0.05, 0) is 44.0 Å². The van der Waals surface area contributed by atoms with Crippen molar-refractivity contribution in [3.63, 3.8) is 0 Å². The van der Waals surface area contributed by atoms with Crippen LogP contribution in [0.3, 0.4) is 0 Å². The smallest absolute Gasteiger partial charge is 0.241 e. The Kier molecular flexibility index (Phi) is 8.42. The number of aryl methyl sites for hydroxylation is 1. The second-order valence-electron chi connectivity index (χ2n) is 8.39. The molecule has 33 heavy (non-hydrogen) atoms. The van der Waals surface area contributed by atoms with Gasteiger partial charge in [0.15, 0.2) is 0 Å². The Hall–Kier alpha value is -2.35. The summed E-state index contributed by atoms with van der Waals surface area (Å²) in [4.78, 5) is 19.5. The molecule has 2 heterocycles. The summed E-state index contributed by atoms with van der Waals surface area (Å²) in [5.74, 6) is 3.02. The average molecular weight is 485 g/mol. The van der Waals surface area contributed by atoms with Gasteiger partial charge in [0.2, 0.25) is 17.6 Å². The largest absolute Gasteiger partial charge is 0.355 e. The Bertz CT molecular complexity index is 1070. The molecule has 0 saturated carbocycles. The Labute approximate surface area is 204 Å². The van der Waals surface area contributed by atoms with Crippen LogP contribution in [0.2, 0.25) is 5.02 Å². The summed E-state index contributed by atoms with van der Waals surface area (Å²) in [5, 5.41) is 8.02. The van der Waals surface area contributed by atoms with Crippen molar-refractivity contribution >= 4 is 29.3 Å². The van der Waals surface area contributed by atoms with Crippen molar-refractivity contribution < 1.29 is 9.32 Å². The molecule has 2 aromatic carbocycles. The first kappa shape index (κ1) is 23.8. The van der Waals surface area contributed by atoms with Crippen molar-refractivity contribution in [2.24, 2.45) is 5.92 Å². The van der Waals surface area contributed by atoms with Crippen LogP contribution >= 0.6 is 23.4 Å². The van der Waals surface area contributed by atoms with Crippen molar-refractivity contribution in [3.8, 4) is 11.4 Å². The molecule has 4 rings (SSSR count). The number of hydrogen-bond donors (Lipinski definition) is 1. The predicted octanol–water partition coefficient (Wildman–Crippen LogP) is 4.96. The monoisotopic (exact) mass is 484 g/mol. The third kappa shape index (κ3) is 6.82. The molecule has 174 valence electrons. The summed E-state index contributed by atoms with van der Waals surface area (Å²) in [6, 6.07) is 15.9. The molecule has 6 nitrogen and oxygen atoms in total. The standard InChI is InChI=1S/C25H29ClN4O2S/c1-18-6-4-8-19(14-18)24-28-23(32-29-24)16-30-12-5-9-20(15-30)25(31)27-11-13-33-17-21-7-2-3-10-22(21)26/h2-4,6-8,10,14,20H,5,9,11-13,15-17H2,1H3,(H,27,31). The van der Waals surface area contributed by atoms with E-state index in [9.17, 15) is 4.79 Å². The Morgan fingerprint density at radius 3 is 3.00 bits per heavy atom. The highest BCUT2D eigenvalue weighted by Crippen LogP contribution is 2.22. The zero-order valence-electron chi connectivity index (χ0n) is 18.8. The van der Waals surface area contributed by atoms with Crippen molar-refractivity contribution in [1.29, 1.82) is 0 Å². The lowest BCUT2D eigenvalue weighted by atomic mass is 9.97. The minimum atomic E-state index is -0.00789. The molecule has 1 aliphatic heterocycles. The summed E-state index contributed by atoms with van der Waals surface area (Å²) in [6.45, 7) is 4.91. The minimum absolute atomic E-state index is 0.00789. The number of piperidine rings is 1. The Balaban J connectivity index is 1.20. The van der Waals surface area contributed by atoms with Crippen LogP contribution < -0.4 is 5.32 Å². The van der Waals surface area contributed by atoms with Crippen LogP contribution in [0.1, 0.15) is 29.9 Å². The number of amides is 1. The van der Waals surface area contributed by atoms with E-state index in [1.165, 1.54) is 0 Å². The van der Waals surface area contributed by atoms with Crippen LogP contribution in [0.25, 0.3) is 11.4 Å². The zero-order valence-corrected chi connectivity index (χ0v) is 20.4. The SMILES string of the molecule is Cc1cccc(-c2noc(CN3CCCC(C(=O)NCCSCc4ccccc4Cl)C3)n2)c1. The molecule has 1 amide bonds.